The maximum Gasteiger partial charge on any atom is 0.242 e. The molecule has 10 heteroatoms. The fraction of sp³-hybridized carbons (Fsp3) is 0.529. The zero-order valence-electron chi connectivity index (χ0n) is 16.2. The third-order valence-electron chi connectivity index (χ3n) is 4.17. The lowest BCUT2D eigenvalue weighted by atomic mass is 10.2. The summed E-state index contributed by atoms with van der Waals surface area (Å²) in [6.07, 6.45) is 0.847. The predicted molar refractivity (Wildman–Crippen MR) is 109 cm³/mol. The van der Waals surface area contributed by atoms with Crippen LogP contribution in [0.25, 0.3) is 11.0 Å². The SMILES string of the molecule is CCn1c(CCC(=O)NCCNC)nc2cc(S(=O)(=O)N(C)C)ccc21.Cl. The number of carbonyl (C=O) groups excluding carboxylic acids is 1. The minimum atomic E-state index is -3.50. The lowest BCUT2D eigenvalue weighted by molar-refractivity contribution is -0.121. The molecule has 2 N–H and O–H groups in total. The normalized spacial score (nSPS) is 11.6. The zero-order chi connectivity index (χ0) is 19.3. The number of halogens is 1. The Bertz CT molecular complexity index is 880. The number of nitrogens with one attached hydrogen (secondary N) is 2. The molecule has 8 nitrogen and oxygen atoms in total. The number of rotatable bonds is 9. The van der Waals surface area contributed by atoms with Crippen LogP contribution < -0.4 is 10.6 Å². The van der Waals surface area contributed by atoms with E-state index in [2.05, 4.69) is 15.6 Å². The predicted octanol–water partition coefficient (Wildman–Crippen LogP) is 0.997. The van der Waals surface area contributed by atoms with Gasteiger partial charge in [-0.3, -0.25) is 4.79 Å². The van der Waals surface area contributed by atoms with Crippen LogP contribution in [0.4, 0.5) is 0 Å². The van der Waals surface area contributed by atoms with E-state index in [0.717, 1.165) is 17.9 Å². The monoisotopic (exact) mass is 417 g/mol. The molecule has 1 amide bonds. The van der Waals surface area contributed by atoms with E-state index in [9.17, 15) is 13.2 Å². The molecule has 27 heavy (non-hydrogen) atoms. The zero-order valence-corrected chi connectivity index (χ0v) is 17.8. The van der Waals surface area contributed by atoms with Gasteiger partial charge in [-0.15, -0.1) is 12.4 Å². The average Bonchev–Trinajstić information content (AvgIpc) is 2.96. The van der Waals surface area contributed by atoms with Gasteiger partial charge in [-0.2, -0.15) is 0 Å². The molecule has 0 unspecified atom stereocenters. The van der Waals surface area contributed by atoms with Crippen LogP contribution in [0.15, 0.2) is 23.1 Å². The Morgan fingerprint density at radius 3 is 2.56 bits per heavy atom. The second-order valence-electron chi connectivity index (χ2n) is 6.16. The summed E-state index contributed by atoms with van der Waals surface area (Å²) in [5, 5.41) is 5.82. The number of likely N-dealkylation sites (N-methyl/N-ethyl adjacent to an activating group) is 1. The van der Waals surface area contributed by atoms with Crippen LogP contribution in [0.2, 0.25) is 0 Å². The van der Waals surface area contributed by atoms with Crippen molar-refractivity contribution in [2.24, 2.45) is 0 Å². The number of hydrogen-bond acceptors (Lipinski definition) is 5. The number of aryl methyl sites for hydroxylation is 2. The van der Waals surface area contributed by atoms with E-state index in [1.54, 1.807) is 18.2 Å². The molecule has 0 spiro atoms. The Hall–Kier alpha value is -1.68. The molecular formula is C17H28ClN5O3S. The molecule has 0 radical (unpaired) electrons. The summed E-state index contributed by atoms with van der Waals surface area (Å²) in [6, 6.07) is 4.96. The fourth-order valence-electron chi connectivity index (χ4n) is 2.72. The molecule has 0 aliphatic heterocycles. The quantitative estimate of drug-likeness (QED) is 0.593. The van der Waals surface area contributed by atoms with E-state index in [4.69, 9.17) is 0 Å². The summed E-state index contributed by atoms with van der Waals surface area (Å²) < 4.78 is 27.8. The first kappa shape index (κ1) is 23.4. The Labute approximate surface area is 166 Å². The van der Waals surface area contributed by atoms with Gasteiger partial charge in [0.1, 0.15) is 5.82 Å². The molecule has 0 atom stereocenters. The number of aromatic nitrogens is 2. The Balaban J connectivity index is 0.00000364. The number of amides is 1. The minimum absolute atomic E-state index is 0. The topological polar surface area (TPSA) is 96.3 Å². The van der Waals surface area contributed by atoms with Crippen LogP contribution in [-0.4, -0.2) is 62.4 Å². The maximum atomic E-state index is 12.3. The van der Waals surface area contributed by atoms with Crippen molar-refractivity contribution in [1.29, 1.82) is 0 Å². The van der Waals surface area contributed by atoms with Gasteiger partial charge in [0.15, 0.2) is 0 Å². The molecular weight excluding hydrogens is 390 g/mol. The molecule has 0 saturated carbocycles. The van der Waals surface area contributed by atoms with Gasteiger partial charge >= 0.3 is 0 Å². The van der Waals surface area contributed by atoms with Crippen LogP contribution in [0, 0.1) is 0 Å². The van der Waals surface area contributed by atoms with Gasteiger partial charge in [-0.25, -0.2) is 17.7 Å². The smallest absolute Gasteiger partial charge is 0.242 e. The van der Waals surface area contributed by atoms with E-state index in [1.807, 2.05) is 18.5 Å². The average molecular weight is 418 g/mol. The lowest BCUT2D eigenvalue weighted by Gasteiger charge is -2.11. The van der Waals surface area contributed by atoms with Gasteiger partial charge in [-0.05, 0) is 32.2 Å². The van der Waals surface area contributed by atoms with E-state index in [1.165, 1.54) is 18.4 Å². The van der Waals surface area contributed by atoms with Gasteiger partial charge in [-0.1, -0.05) is 0 Å². The summed E-state index contributed by atoms with van der Waals surface area (Å²) in [4.78, 5) is 16.7. The van der Waals surface area contributed by atoms with Gasteiger partial charge in [0.2, 0.25) is 15.9 Å². The van der Waals surface area contributed by atoms with E-state index in [-0.39, 0.29) is 23.2 Å². The third-order valence-corrected chi connectivity index (χ3v) is 5.98. The maximum absolute atomic E-state index is 12.3. The summed E-state index contributed by atoms with van der Waals surface area (Å²) >= 11 is 0. The van der Waals surface area contributed by atoms with E-state index >= 15 is 0 Å². The molecule has 0 aliphatic carbocycles. The number of fused-ring (bicyclic) bond motifs is 1. The van der Waals surface area contributed by atoms with Gasteiger partial charge < -0.3 is 15.2 Å². The molecule has 152 valence electrons. The Morgan fingerprint density at radius 1 is 1.26 bits per heavy atom. The first-order valence-electron chi connectivity index (χ1n) is 8.64. The second-order valence-corrected chi connectivity index (χ2v) is 8.32. The van der Waals surface area contributed by atoms with E-state index in [0.29, 0.717) is 31.4 Å². The Kier molecular flexibility index (Phi) is 8.67. The van der Waals surface area contributed by atoms with Crippen molar-refractivity contribution in [3.8, 4) is 0 Å². The molecule has 0 bridgehead atoms. The van der Waals surface area contributed by atoms with Crippen LogP contribution in [0.3, 0.4) is 0 Å². The molecule has 2 rings (SSSR count). The highest BCUT2D eigenvalue weighted by atomic mass is 35.5. The van der Waals surface area contributed by atoms with Crippen molar-refractivity contribution in [1.82, 2.24) is 24.5 Å². The van der Waals surface area contributed by atoms with Crippen molar-refractivity contribution in [2.45, 2.75) is 31.2 Å². The number of imidazole rings is 1. The third kappa shape index (κ3) is 5.41. The molecule has 0 aliphatic rings. The van der Waals surface area contributed by atoms with Gasteiger partial charge in [0, 0.05) is 46.6 Å². The molecule has 0 saturated heterocycles. The highest BCUT2D eigenvalue weighted by Crippen LogP contribution is 2.22. The number of nitrogens with zero attached hydrogens (tertiary/aromatic N) is 3. The van der Waals surface area contributed by atoms with Crippen molar-refractivity contribution in [3.63, 3.8) is 0 Å². The summed E-state index contributed by atoms with van der Waals surface area (Å²) in [7, 11) is 1.34. The fourth-order valence-corrected chi connectivity index (χ4v) is 3.64. The van der Waals surface area contributed by atoms with Crippen LogP contribution in [-0.2, 0) is 27.8 Å². The first-order valence-corrected chi connectivity index (χ1v) is 10.1. The van der Waals surface area contributed by atoms with Crippen molar-refractivity contribution >= 4 is 39.4 Å². The van der Waals surface area contributed by atoms with Crippen LogP contribution in [0.5, 0.6) is 0 Å². The van der Waals surface area contributed by atoms with Crippen molar-refractivity contribution in [3.05, 3.63) is 24.0 Å². The highest BCUT2D eigenvalue weighted by molar-refractivity contribution is 7.89. The van der Waals surface area contributed by atoms with E-state index < -0.39 is 10.0 Å². The molecule has 1 aromatic carbocycles. The summed E-state index contributed by atoms with van der Waals surface area (Å²) in [5.41, 5.74) is 1.50. The standard InChI is InChI=1S/C17H27N5O3S.ClH/c1-5-22-15-7-6-13(26(24,25)21(3)4)12-14(15)20-16(22)8-9-17(23)19-11-10-18-2;/h6-7,12,18H,5,8-11H2,1-4H3,(H,19,23);1H. The van der Waals surface area contributed by atoms with Crippen molar-refractivity contribution < 1.29 is 13.2 Å². The Morgan fingerprint density at radius 2 is 1.96 bits per heavy atom. The lowest BCUT2D eigenvalue weighted by Crippen LogP contribution is -2.30. The van der Waals surface area contributed by atoms with Crippen LogP contribution in [0.1, 0.15) is 19.2 Å². The van der Waals surface area contributed by atoms with Gasteiger partial charge in [0.05, 0.1) is 15.9 Å². The first-order chi connectivity index (χ1) is 12.3. The summed E-state index contributed by atoms with van der Waals surface area (Å²) in [6.45, 7) is 4.02. The minimum Gasteiger partial charge on any atom is -0.355 e. The van der Waals surface area contributed by atoms with Crippen molar-refractivity contribution in [2.75, 3.05) is 34.2 Å². The summed E-state index contributed by atoms with van der Waals surface area (Å²) in [5.74, 6) is 0.761. The number of benzene rings is 1. The molecule has 1 heterocycles. The highest BCUT2D eigenvalue weighted by Gasteiger charge is 2.19. The molecule has 0 fully saturated rings. The van der Waals surface area contributed by atoms with Crippen LogP contribution >= 0.6 is 12.4 Å². The second kappa shape index (κ2) is 10.0. The largest absolute Gasteiger partial charge is 0.355 e. The molecule has 2 aromatic rings. The number of hydrogen-bond donors (Lipinski definition) is 2. The number of sulfonamides is 1. The number of carbonyl (C=O) groups is 1. The van der Waals surface area contributed by atoms with Gasteiger partial charge in [0.25, 0.3) is 0 Å². The molecule has 1 aromatic heterocycles.